The molecule has 192 valence electrons. The van der Waals surface area contributed by atoms with Gasteiger partial charge >= 0.3 is 0 Å². The summed E-state index contributed by atoms with van der Waals surface area (Å²) in [7, 11) is 0. The number of hydrogen-bond acceptors (Lipinski definition) is 5. The van der Waals surface area contributed by atoms with Crippen molar-refractivity contribution in [2.75, 3.05) is 19.7 Å². The second-order valence-electron chi connectivity index (χ2n) is 10.1. The van der Waals surface area contributed by atoms with Crippen LogP contribution in [0.3, 0.4) is 0 Å². The summed E-state index contributed by atoms with van der Waals surface area (Å²) in [6.07, 6.45) is 8.70. The molecule has 0 bridgehead atoms. The third-order valence-corrected chi connectivity index (χ3v) is 8.32. The van der Waals surface area contributed by atoms with Crippen LogP contribution >= 0.6 is 22.6 Å². The van der Waals surface area contributed by atoms with Crippen LogP contribution in [0.5, 0.6) is 5.75 Å². The van der Waals surface area contributed by atoms with E-state index in [1.54, 1.807) is 6.08 Å². The molecule has 0 aromatic heterocycles. The Kier molecular flexibility index (Phi) is 9.46. The van der Waals surface area contributed by atoms with Gasteiger partial charge in [0.1, 0.15) is 18.0 Å². The molecule has 3 atom stereocenters. The third-order valence-electron chi connectivity index (χ3n) is 7.43. The third kappa shape index (κ3) is 7.20. The Bertz CT molecular complexity index is 913. The number of halogens is 1. The molecule has 2 saturated carbocycles. The quantitative estimate of drug-likeness (QED) is 0.341. The molecule has 3 N–H and O–H groups in total. The highest BCUT2D eigenvalue weighted by atomic mass is 127. The Labute approximate surface area is 221 Å². The number of carbonyl (C=O) groups excluding carboxylic acids is 2. The maximum absolute atomic E-state index is 13.5. The predicted molar refractivity (Wildman–Crippen MR) is 142 cm³/mol. The van der Waals surface area contributed by atoms with Crippen molar-refractivity contribution in [2.45, 2.75) is 76.0 Å². The van der Waals surface area contributed by atoms with Crippen LogP contribution in [-0.2, 0) is 9.59 Å². The molecule has 0 aliphatic heterocycles. The first-order valence-corrected chi connectivity index (χ1v) is 14.0. The minimum Gasteiger partial charge on any atom is -0.482 e. The largest absolute Gasteiger partial charge is 0.482 e. The van der Waals surface area contributed by atoms with E-state index in [2.05, 4.69) is 27.9 Å². The Morgan fingerprint density at radius 3 is 2.54 bits per heavy atom. The molecule has 2 amide bonds. The number of rotatable bonds is 11. The molecule has 2 fully saturated rings. The van der Waals surface area contributed by atoms with E-state index in [0.717, 1.165) is 22.8 Å². The summed E-state index contributed by atoms with van der Waals surface area (Å²) in [5.41, 5.74) is 0.481. The molecule has 1 aromatic carbocycles. The molecule has 7 nitrogen and oxygen atoms in total. The summed E-state index contributed by atoms with van der Waals surface area (Å²) in [6.45, 7) is 0.616. The van der Waals surface area contributed by atoms with Crippen LogP contribution in [0.25, 0.3) is 0 Å². The monoisotopic (exact) mass is 596 g/mol. The topological polar surface area (TPSA) is 99.1 Å². The highest BCUT2D eigenvalue weighted by Gasteiger charge is 2.42. The average molecular weight is 597 g/mol. The zero-order chi connectivity index (χ0) is 24.8. The van der Waals surface area contributed by atoms with Gasteiger partial charge in [-0.15, -0.1) is 0 Å². The average Bonchev–Trinajstić information content (AvgIpc) is 3.53. The summed E-state index contributed by atoms with van der Waals surface area (Å²) in [5.74, 6) is 1.49. The smallest absolute Gasteiger partial charge is 0.247 e. The van der Waals surface area contributed by atoms with Gasteiger partial charge in [-0.25, -0.2) is 0 Å². The number of carbonyl (C=O) groups is 2. The highest BCUT2D eigenvalue weighted by molar-refractivity contribution is 14.1. The lowest BCUT2D eigenvalue weighted by molar-refractivity contribution is -0.139. The van der Waals surface area contributed by atoms with Crippen LogP contribution in [0.1, 0.15) is 57.8 Å². The van der Waals surface area contributed by atoms with Crippen molar-refractivity contribution in [2.24, 2.45) is 11.8 Å². The summed E-state index contributed by atoms with van der Waals surface area (Å²) < 4.78 is 7.11. The van der Waals surface area contributed by atoms with Crippen LogP contribution < -0.4 is 10.1 Å². The van der Waals surface area contributed by atoms with E-state index in [0.29, 0.717) is 36.1 Å². The summed E-state index contributed by atoms with van der Waals surface area (Å²) >= 11 is 2.18. The van der Waals surface area contributed by atoms with E-state index in [1.807, 2.05) is 29.2 Å². The van der Waals surface area contributed by atoms with Crippen molar-refractivity contribution >= 4 is 34.4 Å². The van der Waals surface area contributed by atoms with Gasteiger partial charge in [0.05, 0.1) is 16.2 Å². The van der Waals surface area contributed by atoms with E-state index in [4.69, 9.17) is 9.84 Å². The van der Waals surface area contributed by atoms with E-state index in [1.165, 1.54) is 25.7 Å². The minimum atomic E-state index is -0.949. The van der Waals surface area contributed by atoms with Gasteiger partial charge in [-0.3, -0.25) is 9.59 Å². The van der Waals surface area contributed by atoms with Crippen LogP contribution in [0.2, 0.25) is 0 Å². The van der Waals surface area contributed by atoms with E-state index >= 15 is 0 Å². The first-order valence-electron chi connectivity index (χ1n) is 12.9. The van der Waals surface area contributed by atoms with E-state index < -0.39 is 18.2 Å². The molecular weight excluding hydrogens is 559 g/mol. The van der Waals surface area contributed by atoms with Crippen molar-refractivity contribution in [3.05, 3.63) is 39.5 Å². The molecule has 0 heterocycles. The lowest BCUT2D eigenvalue weighted by Crippen LogP contribution is -2.55. The van der Waals surface area contributed by atoms with Crippen LogP contribution in [0.15, 0.2) is 35.9 Å². The van der Waals surface area contributed by atoms with Crippen molar-refractivity contribution in [3.63, 3.8) is 0 Å². The molecular formula is C27H37IN2O5. The van der Waals surface area contributed by atoms with Crippen LogP contribution in [0, 0.1) is 15.4 Å². The molecule has 35 heavy (non-hydrogen) atoms. The lowest BCUT2D eigenvalue weighted by Gasteiger charge is -2.41. The maximum Gasteiger partial charge on any atom is 0.247 e. The molecule has 4 rings (SSSR count). The fourth-order valence-corrected chi connectivity index (χ4v) is 5.75. The summed E-state index contributed by atoms with van der Waals surface area (Å²) in [4.78, 5) is 28.2. The van der Waals surface area contributed by atoms with Gasteiger partial charge in [0, 0.05) is 31.5 Å². The number of aliphatic hydroxyl groups excluding tert-OH is 2. The normalized spacial score (nSPS) is 24.7. The van der Waals surface area contributed by atoms with Gasteiger partial charge in [-0.2, -0.15) is 0 Å². The Morgan fingerprint density at radius 1 is 1.11 bits per heavy atom. The standard InChI is InChI=1S/C27H37IN2O5/c28-21-7-3-4-8-23(21)35-24-16-20(27(34)29-13-14-31)15-22(26(24)33)30(17-19-9-10-19)25(32)12-11-18-5-1-2-6-18/h3-4,7-8,16,18-19,22,24,26,31,33H,1-2,5-6,9-15,17H2,(H,29,34). The molecule has 3 aliphatic carbocycles. The Balaban J connectivity index is 1.55. The first-order chi connectivity index (χ1) is 17.0. The number of amides is 2. The number of ether oxygens (including phenoxy) is 1. The number of aliphatic hydroxyl groups is 2. The molecule has 8 heteroatoms. The lowest BCUT2D eigenvalue weighted by atomic mass is 9.87. The van der Waals surface area contributed by atoms with Gasteiger partial charge < -0.3 is 25.2 Å². The summed E-state index contributed by atoms with van der Waals surface area (Å²) in [5, 5.41) is 23.3. The van der Waals surface area contributed by atoms with Crippen molar-refractivity contribution in [3.8, 4) is 5.75 Å². The first kappa shape index (κ1) is 26.4. The zero-order valence-electron chi connectivity index (χ0n) is 20.2. The molecule has 3 unspecified atom stereocenters. The molecule has 1 aromatic rings. The van der Waals surface area contributed by atoms with Gasteiger partial charge in [-0.05, 0) is 71.9 Å². The summed E-state index contributed by atoms with van der Waals surface area (Å²) in [6, 6.07) is 7.02. The predicted octanol–water partition coefficient (Wildman–Crippen LogP) is 3.42. The van der Waals surface area contributed by atoms with Gasteiger partial charge in [-0.1, -0.05) is 37.8 Å². The number of hydrogen-bond donors (Lipinski definition) is 3. The van der Waals surface area contributed by atoms with Crippen molar-refractivity contribution in [1.82, 2.24) is 10.2 Å². The van der Waals surface area contributed by atoms with Crippen molar-refractivity contribution < 1.29 is 24.5 Å². The molecule has 0 spiro atoms. The maximum atomic E-state index is 13.5. The Hall–Kier alpha value is -1.65. The number of para-hydroxylation sites is 1. The highest BCUT2D eigenvalue weighted by Crippen LogP contribution is 2.35. The Morgan fingerprint density at radius 2 is 1.86 bits per heavy atom. The van der Waals surface area contributed by atoms with E-state index in [-0.39, 0.29) is 31.4 Å². The molecule has 0 radical (unpaired) electrons. The van der Waals surface area contributed by atoms with E-state index in [9.17, 15) is 14.7 Å². The number of nitrogens with zero attached hydrogens (tertiary/aromatic N) is 1. The van der Waals surface area contributed by atoms with Crippen molar-refractivity contribution in [1.29, 1.82) is 0 Å². The second-order valence-corrected chi connectivity index (χ2v) is 11.3. The second kappa shape index (κ2) is 12.5. The van der Waals surface area contributed by atoms with Gasteiger partial charge in [0.2, 0.25) is 11.8 Å². The fraction of sp³-hybridized carbons (Fsp3) is 0.630. The minimum absolute atomic E-state index is 0.0675. The number of benzene rings is 1. The van der Waals surface area contributed by atoms with Gasteiger partial charge in [0.25, 0.3) is 0 Å². The zero-order valence-corrected chi connectivity index (χ0v) is 22.4. The molecule has 3 aliphatic rings. The van der Waals surface area contributed by atoms with Crippen LogP contribution in [-0.4, -0.2) is 64.9 Å². The number of nitrogens with one attached hydrogen (secondary N) is 1. The molecule has 0 saturated heterocycles. The van der Waals surface area contributed by atoms with Gasteiger partial charge in [0.15, 0.2) is 0 Å². The van der Waals surface area contributed by atoms with Crippen LogP contribution in [0.4, 0.5) is 0 Å². The fourth-order valence-electron chi connectivity index (χ4n) is 5.24. The SMILES string of the molecule is O=C(NCCO)C1=CC(Oc2ccccc2I)C(O)C(N(CC2CC2)C(=O)CCC2CCCC2)C1.